The molecule has 0 spiro atoms. The molecule has 33 heavy (non-hydrogen) atoms. The predicted octanol–water partition coefficient (Wildman–Crippen LogP) is 4.57. The largest absolute Gasteiger partial charge is 0.389 e. The van der Waals surface area contributed by atoms with E-state index in [0.717, 1.165) is 0 Å². The number of aromatic amines is 1. The normalized spacial score (nSPS) is 18.1. The lowest BCUT2D eigenvalue weighted by Crippen LogP contribution is -2.56. The maximum absolute atomic E-state index is 15.0. The van der Waals surface area contributed by atoms with Gasteiger partial charge < -0.3 is 10.1 Å². The van der Waals surface area contributed by atoms with Gasteiger partial charge in [0.1, 0.15) is 11.6 Å². The molecule has 1 fully saturated rings. The summed E-state index contributed by atoms with van der Waals surface area (Å²) in [7, 11) is 0. The molecule has 174 valence electrons. The Morgan fingerprint density at radius 2 is 1.61 bits per heavy atom. The van der Waals surface area contributed by atoms with Gasteiger partial charge in [-0.25, -0.2) is 8.78 Å². The number of H-pyrrole nitrogens is 1. The van der Waals surface area contributed by atoms with Gasteiger partial charge in [-0.3, -0.25) is 9.69 Å². The molecule has 0 saturated carbocycles. The third-order valence-electron chi connectivity index (χ3n) is 7.32. The first kappa shape index (κ1) is 23.3. The molecule has 3 aromatic rings. The molecule has 0 amide bonds. The van der Waals surface area contributed by atoms with Gasteiger partial charge in [-0.05, 0) is 55.0 Å². The van der Waals surface area contributed by atoms with Crippen LogP contribution in [0.5, 0.6) is 0 Å². The standard InChI is InChI=1S/C27H30F2N2O2/c1-26(22-9-3-5-11-24(22)29,13-12-20-7-2-4-10-23(20)28)27(33)14-17-31(18-15-27)19-21-8-6-16-30-25(21)32/h2-11,16,33H,12-15,17-19H2,1H3,(H,30,32). The van der Waals surface area contributed by atoms with Crippen molar-refractivity contribution in [3.63, 3.8) is 0 Å². The van der Waals surface area contributed by atoms with Crippen molar-refractivity contribution in [1.82, 2.24) is 9.88 Å². The first-order valence-electron chi connectivity index (χ1n) is 11.4. The quantitative estimate of drug-likeness (QED) is 0.552. The third kappa shape index (κ3) is 4.77. The molecule has 2 heterocycles. The van der Waals surface area contributed by atoms with Gasteiger partial charge in [0.25, 0.3) is 5.56 Å². The van der Waals surface area contributed by atoms with Crippen molar-refractivity contribution in [3.05, 3.63) is 106 Å². The van der Waals surface area contributed by atoms with Gasteiger partial charge in [0.15, 0.2) is 0 Å². The summed E-state index contributed by atoms with van der Waals surface area (Å²) in [4.78, 5) is 16.9. The molecule has 1 saturated heterocycles. The molecule has 1 aliphatic rings. The second kappa shape index (κ2) is 9.57. The number of nitrogens with one attached hydrogen (secondary N) is 1. The fourth-order valence-electron chi connectivity index (χ4n) is 5.07. The molecule has 1 atom stereocenters. The lowest BCUT2D eigenvalue weighted by molar-refractivity contribution is -0.0842. The van der Waals surface area contributed by atoms with E-state index < -0.39 is 11.0 Å². The number of piperidine rings is 1. The number of hydrogen-bond acceptors (Lipinski definition) is 3. The number of aliphatic hydroxyl groups is 1. The van der Waals surface area contributed by atoms with Crippen LogP contribution in [0.3, 0.4) is 0 Å². The highest BCUT2D eigenvalue weighted by atomic mass is 19.1. The highest BCUT2D eigenvalue weighted by Crippen LogP contribution is 2.46. The average Bonchev–Trinajstić information content (AvgIpc) is 2.81. The second-order valence-corrected chi connectivity index (χ2v) is 9.24. The number of rotatable bonds is 7. The van der Waals surface area contributed by atoms with Crippen LogP contribution in [0.15, 0.2) is 71.7 Å². The van der Waals surface area contributed by atoms with Crippen molar-refractivity contribution in [2.45, 2.75) is 50.2 Å². The number of aryl methyl sites for hydroxylation is 1. The van der Waals surface area contributed by atoms with E-state index in [2.05, 4.69) is 9.88 Å². The van der Waals surface area contributed by atoms with Gasteiger partial charge in [-0.1, -0.05) is 49.4 Å². The summed E-state index contributed by atoms with van der Waals surface area (Å²) in [5.41, 5.74) is -0.489. The Hall–Kier alpha value is -2.83. The van der Waals surface area contributed by atoms with Crippen molar-refractivity contribution in [3.8, 4) is 0 Å². The molecule has 0 radical (unpaired) electrons. The number of benzene rings is 2. The topological polar surface area (TPSA) is 56.3 Å². The minimum atomic E-state index is -1.17. The molecule has 1 aliphatic heterocycles. The lowest BCUT2D eigenvalue weighted by Gasteiger charge is -2.50. The SMILES string of the molecule is CC(CCc1ccccc1F)(c1ccccc1F)C1(O)CCN(Cc2ccc[nH]c2=O)CC1. The first-order valence-corrected chi connectivity index (χ1v) is 11.4. The molecule has 1 aromatic heterocycles. The summed E-state index contributed by atoms with van der Waals surface area (Å²) in [5, 5.41) is 11.9. The van der Waals surface area contributed by atoms with Gasteiger partial charge in [0.2, 0.25) is 0 Å². The first-order chi connectivity index (χ1) is 15.8. The van der Waals surface area contributed by atoms with E-state index in [-0.39, 0.29) is 17.2 Å². The molecular formula is C27H30F2N2O2. The monoisotopic (exact) mass is 452 g/mol. The lowest BCUT2D eigenvalue weighted by atomic mass is 9.62. The van der Waals surface area contributed by atoms with Crippen LogP contribution in [0.4, 0.5) is 8.78 Å². The number of aromatic nitrogens is 1. The third-order valence-corrected chi connectivity index (χ3v) is 7.32. The van der Waals surface area contributed by atoms with Gasteiger partial charge in [-0.2, -0.15) is 0 Å². The zero-order valence-corrected chi connectivity index (χ0v) is 18.9. The summed E-state index contributed by atoms with van der Waals surface area (Å²) in [6.07, 6.45) is 3.27. The number of hydrogen-bond donors (Lipinski definition) is 2. The number of halogens is 2. The summed E-state index contributed by atoms with van der Waals surface area (Å²) < 4.78 is 29.3. The van der Waals surface area contributed by atoms with E-state index in [1.165, 1.54) is 12.1 Å². The molecule has 6 heteroatoms. The minimum Gasteiger partial charge on any atom is -0.389 e. The summed E-state index contributed by atoms with van der Waals surface area (Å²) in [5.74, 6) is -0.650. The van der Waals surface area contributed by atoms with E-state index in [1.807, 2.05) is 6.92 Å². The Morgan fingerprint density at radius 3 is 2.27 bits per heavy atom. The van der Waals surface area contributed by atoms with Gasteiger partial charge >= 0.3 is 0 Å². The van der Waals surface area contributed by atoms with Crippen LogP contribution in [0.25, 0.3) is 0 Å². The van der Waals surface area contributed by atoms with Gasteiger partial charge in [-0.15, -0.1) is 0 Å². The zero-order valence-electron chi connectivity index (χ0n) is 18.9. The van der Waals surface area contributed by atoms with E-state index in [0.29, 0.717) is 62.0 Å². The molecule has 0 aliphatic carbocycles. The summed E-state index contributed by atoms with van der Waals surface area (Å²) in [6, 6.07) is 16.8. The minimum absolute atomic E-state index is 0.112. The van der Waals surface area contributed by atoms with Crippen LogP contribution < -0.4 is 5.56 Å². The Bertz CT molecular complexity index is 1150. The maximum atomic E-state index is 15.0. The fraction of sp³-hybridized carbons (Fsp3) is 0.370. The van der Waals surface area contributed by atoms with Crippen molar-refractivity contribution < 1.29 is 13.9 Å². The Morgan fingerprint density at radius 1 is 0.970 bits per heavy atom. The molecule has 2 aromatic carbocycles. The second-order valence-electron chi connectivity index (χ2n) is 9.24. The fourth-order valence-corrected chi connectivity index (χ4v) is 5.07. The summed E-state index contributed by atoms with van der Waals surface area (Å²) >= 11 is 0. The number of likely N-dealkylation sites (tertiary alicyclic amines) is 1. The molecule has 1 unspecified atom stereocenters. The van der Waals surface area contributed by atoms with Crippen molar-refractivity contribution in [2.24, 2.45) is 0 Å². The Labute approximate surface area is 192 Å². The number of pyridine rings is 1. The van der Waals surface area contributed by atoms with Crippen molar-refractivity contribution >= 4 is 0 Å². The van der Waals surface area contributed by atoms with Crippen LogP contribution in [-0.4, -0.2) is 33.7 Å². The Balaban J connectivity index is 1.58. The van der Waals surface area contributed by atoms with Crippen LogP contribution >= 0.6 is 0 Å². The van der Waals surface area contributed by atoms with Gasteiger partial charge in [0.05, 0.1) is 5.60 Å². The maximum Gasteiger partial charge on any atom is 0.252 e. The van der Waals surface area contributed by atoms with Crippen LogP contribution in [0.2, 0.25) is 0 Å². The molecule has 4 rings (SSSR count). The molecular weight excluding hydrogens is 422 g/mol. The average molecular weight is 453 g/mol. The Kier molecular flexibility index (Phi) is 6.77. The van der Waals surface area contributed by atoms with Crippen molar-refractivity contribution in [1.29, 1.82) is 0 Å². The van der Waals surface area contributed by atoms with E-state index in [4.69, 9.17) is 0 Å². The van der Waals surface area contributed by atoms with E-state index in [9.17, 15) is 18.7 Å². The molecule has 4 nitrogen and oxygen atoms in total. The van der Waals surface area contributed by atoms with Crippen LogP contribution in [-0.2, 0) is 18.4 Å². The van der Waals surface area contributed by atoms with Crippen LogP contribution in [0, 0.1) is 11.6 Å². The van der Waals surface area contributed by atoms with E-state index >= 15 is 0 Å². The summed E-state index contributed by atoms with van der Waals surface area (Å²) in [6.45, 7) is 3.55. The predicted molar refractivity (Wildman–Crippen MR) is 125 cm³/mol. The smallest absolute Gasteiger partial charge is 0.252 e. The van der Waals surface area contributed by atoms with Crippen molar-refractivity contribution in [2.75, 3.05) is 13.1 Å². The molecule has 0 bridgehead atoms. The molecule has 2 N–H and O–H groups in total. The zero-order chi connectivity index (χ0) is 23.5. The van der Waals surface area contributed by atoms with Crippen LogP contribution in [0.1, 0.15) is 42.9 Å². The van der Waals surface area contributed by atoms with Gasteiger partial charge in [0, 0.05) is 36.8 Å². The van der Waals surface area contributed by atoms with E-state index in [1.54, 1.807) is 54.7 Å². The number of nitrogens with zero attached hydrogens (tertiary/aromatic N) is 1. The highest BCUT2D eigenvalue weighted by Gasteiger charge is 2.50. The highest BCUT2D eigenvalue weighted by molar-refractivity contribution is 5.32.